The molecule has 6 nitrogen and oxygen atoms in total. The number of hydrogen-bond donors (Lipinski definition) is 0. The standard InChI is InChI=1S/C22H24FN3O3/c1-13-9-16(5-6-18(13)23)21-24-22(29-25-21)14(2)26-8-7-15-10-19(27-3)20(28-4)11-17(15)12-26/h5-6,9-11,14H,7-8,12H2,1-4H3. The van der Waals surface area contributed by atoms with Gasteiger partial charge < -0.3 is 14.0 Å². The Kier molecular flexibility index (Phi) is 5.24. The predicted molar refractivity (Wildman–Crippen MR) is 107 cm³/mol. The van der Waals surface area contributed by atoms with Gasteiger partial charge in [0.1, 0.15) is 5.82 Å². The van der Waals surface area contributed by atoms with Crippen molar-refractivity contribution in [3.63, 3.8) is 0 Å². The first kappa shape index (κ1) is 19.4. The van der Waals surface area contributed by atoms with E-state index in [0.29, 0.717) is 17.3 Å². The Labute approximate surface area is 169 Å². The van der Waals surface area contributed by atoms with E-state index in [4.69, 9.17) is 14.0 Å². The third-order valence-corrected chi connectivity index (χ3v) is 5.51. The molecule has 0 fully saturated rings. The number of aromatic nitrogens is 2. The maximum absolute atomic E-state index is 13.5. The van der Waals surface area contributed by atoms with Crippen LogP contribution >= 0.6 is 0 Å². The van der Waals surface area contributed by atoms with Gasteiger partial charge in [-0.1, -0.05) is 5.16 Å². The highest BCUT2D eigenvalue weighted by Crippen LogP contribution is 2.35. The number of fused-ring (bicyclic) bond motifs is 1. The topological polar surface area (TPSA) is 60.6 Å². The SMILES string of the molecule is COc1cc2c(cc1OC)CN(C(C)c1nc(-c3ccc(F)c(C)c3)no1)CC2. The first-order chi connectivity index (χ1) is 14.0. The summed E-state index contributed by atoms with van der Waals surface area (Å²) >= 11 is 0. The highest BCUT2D eigenvalue weighted by Gasteiger charge is 2.27. The van der Waals surface area contributed by atoms with E-state index < -0.39 is 0 Å². The summed E-state index contributed by atoms with van der Waals surface area (Å²) in [5.41, 5.74) is 3.76. The first-order valence-electron chi connectivity index (χ1n) is 9.58. The van der Waals surface area contributed by atoms with Crippen molar-refractivity contribution < 1.29 is 18.4 Å². The van der Waals surface area contributed by atoms with Gasteiger partial charge in [-0.2, -0.15) is 4.98 Å². The van der Waals surface area contributed by atoms with Crippen LogP contribution in [-0.4, -0.2) is 35.8 Å². The van der Waals surface area contributed by atoms with E-state index in [1.807, 2.05) is 6.07 Å². The van der Waals surface area contributed by atoms with Gasteiger partial charge in [0.15, 0.2) is 11.5 Å². The molecule has 4 rings (SSSR count). The minimum Gasteiger partial charge on any atom is -0.493 e. The third kappa shape index (κ3) is 3.70. The fourth-order valence-corrected chi connectivity index (χ4v) is 3.70. The zero-order chi connectivity index (χ0) is 20.5. The van der Waals surface area contributed by atoms with Gasteiger partial charge in [0, 0.05) is 18.7 Å². The van der Waals surface area contributed by atoms with E-state index in [0.717, 1.165) is 36.6 Å². The zero-order valence-corrected chi connectivity index (χ0v) is 17.0. The second kappa shape index (κ2) is 7.83. The van der Waals surface area contributed by atoms with Gasteiger partial charge in [-0.05, 0) is 67.3 Å². The molecule has 1 unspecified atom stereocenters. The number of rotatable bonds is 5. The van der Waals surface area contributed by atoms with Crippen LogP contribution in [0, 0.1) is 12.7 Å². The second-order valence-corrected chi connectivity index (χ2v) is 7.29. The molecule has 0 saturated heterocycles. The van der Waals surface area contributed by atoms with Gasteiger partial charge in [0.2, 0.25) is 11.7 Å². The molecule has 0 amide bonds. The maximum atomic E-state index is 13.5. The smallest absolute Gasteiger partial charge is 0.244 e. The predicted octanol–water partition coefficient (Wildman–Crippen LogP) is 4.32. The van der Waals surface area contributed by atoms with Crippen molar-refractivity contribution in [3.05, 3.63) is 58.7 Å². The quantitative estimate of drug-likeness (QED) is 0.639. The molecule has 1 atom stereocenters. The van der Waals surface area contributed by atoms with Gasteiger partial charge in [-0.3, -0.25) is 4.90 Å². The molecule has 0 spiro atoms. The molecule has 1 aromatic heterocycles. The summed E-state index contributed by atoms with van der Waals surface area (Å²) < 4.78 is 29.9. The maximum Gasteiger partial charge on any atom is 0.244 e. The van der Waals surface area contributed by atoms with Crippen molar-refractivity contribution in [2.45, 2.75) is 32.9 Å². The van der Waals surface area contributed by atoms with Crippen LogP contribution in [0.1, 0.15) is 35.5 Å². The fourth-order valence-electron chi connectivity index (χ4n) is 3.70. The number of methoxy groups -OCH3 is 2. The van der Waals surface area contributed by atoms with E-state index in [2.05, 4.69) is 28.0 Å². The van der Waals surface area contributed by atoms with Crippen molar-refractivity contribution in [1.82, 2.24) is 15.0 Å². The van der Waals surface area contributed by atoms with Crippen molar-refractivity contribution >= 4 is 0 Å². The van der Waals surface area contributed by atoms with E-state index >= 15 is 0 Å². The van der Waals surface area contributed by atoms with Gasteiger partial charge >= 0.3 is 0 Å². The Balaban J connectivity index is 1.54. The number of benzene rings is 2. The molecule has 0 aliphatic carbocycles. The minimum absolute atomic E-state index is 0.0426. The fraction of sp³-hybridized carbons (Fsp3) is 0.364. The van der Waals surface area contributed by atoms with E-state index in [1.165, 1.54) is 17.2 Å². The molecule has 3 aromatic rings. The molecule has 2 heterocycles. The lowest BCUT2D eigenvalue weighted by Gasteiger charge is -2.32. The molecule has 152 valence electrons. The van der Waals surface area contributed by atoms with Gasteiger partial charge in [-0.25, -0.2) is 4.39 Å². The van der Waals surface area contributed by atoms with Crippen molar-refractivity contribution in [3.8, 4) is 22.9 Å². The number of aryl methyl sites for hydroxylation is 1. The summed E-state index contributed by atoms with van der Waals surface area (Å²) in [5, 5.41) is 4.10. The molecule has 1 aliphatic rings. The van der Waals surface area contributed by atoms with E-state index in [1.54, 1.807) is 33.3 Å². The Morgan fingerprint density at radius 1 is 1.10 bits per heavy atom. The zero-order valence-electron chi connectivity index (χ0n) is 17.0. The number of hydrogen-bond acceptors (Lipinski definition) is 6. The average molecular weight is 397 g/mol. The first-order valence-corrected chi connectivity index (χ1v) is 9.58. The molecule has 0 bridgehead atoms. The lowest BCUT2D eigenvalue weighted by atomic mass is 9.97. The van der Waals surface area contributed by atoms with Crippen LogP contribution in [0.25, 0.3) is 11.4 Å². The largest absolute Gasteiger partial charge is 0.493 e. The summed E-state index contributed by atoms with van der Waals surface area (Å²) in [6.07, 6.45) is 0.901. The average Bonchev–Trinajstić information content (AvgIpc) is 3.24. The minimum atomic E-state index is -0.245. The van der Waals surface area contributed by atoms with Crippen molar-refractivity contribution in [1.29, 1.82) is 0 Å². The van der Waals surface area contributed by atoms with Crippen LogP contribution in [0.15, 0.2) is 34.9 Å². The molecular weight excluding hydrogens is 373 g/mol. The highest BCUT2D eigenvalue weighted by molar-refractivity contribution is 5.55. The van der Waals surface area contributed by atoms with Crippen LogP contribution in [0.3, 0.4) is 0 Å². The molecule has 0 radical (unpaired) electrons. The summed E-state index contributed by atoms with van der Waals surface area (Å²) in [6, 6.07) is 8.86. The number of halogens is 1. The van der Waals surface area contributed by atoms with Crippen LogP contribution in [0.4, 0.5) is 4.39 Å². The van der Waals surface area contributed by atoms with E-state index in [9.17, 15) is 4.39 Å². The molecule has 0 N–H and O–H groups in total. The molecule has 7 heteroatoms. The molecular formula is C22H24FN3O3. The van der Waals surface area contributed by atoms with E-state index in [-0.39, 0.29) is 11.9 Å². The number of nitrogens with zero attached hydrogens (tertiary/aromatic N) is 3. The molecule has 0 saturated carbocycles. The van der Waals surface area contributed by atoms with Gasteiger partial charge in [0.05, 0.1) is 20.3 Å². The van der Waals surface area contributed by atoms with Crippen LogP contribution in [0.2, 0.25) is 0 Å². The molecule has 29 heavy (non-hydrogen) atoms. The lowest BCUT2D eigenvalue weighted by Crippen LogP contribution is -2.33. The Morgan fingerprint density at radius 2 is 1.83 bits per heavy atom. The molecule has 2 aromatic carbocycles. The monoisotopic (exact) mass is 397 g/mol. The highest BCUT2D eigenvalue weighted by atomic mass is 19.1. The summed E-state index contributed by atoms with van der Waals surface area (Å²) in [4.78, 5) is 6.85. The lowest BCUT2D eigenvalue weighted by molar-refractivity contribution is 0.157. The summed E-state index contributed by atoms with van der Waals surface area (Å²) in [6.45, 7) is 5.40. The Hall–Kier alpha value is -2.93. The normalized spacial score (nSPS) is 15.1. The number of ether oxygens (including phenoxy) is 2. The van der Waals surface area contributed by atoms with Crippen molar-refractivity contribution in [2.24, 2.45) is 0 Å². The Morgan fingerprint density at radius 3 is 2.52 bits per heavy atom. The van der Waals surface area contributed by atoms with Gasteiger partial charge in [-0.15, -0.1) is 0 Å². The summed E-state index contributed by atoms with van der Waals surface area (Å²) in [7, 11) is 3.29. The van der Waals surface area contributed by atoms with Crippen molar-refractivity contribution in [2.75, 3.05) is 20.8 Å². The third-order valence-electron chi connectivity index (χ3n) is 5.51. The Bertz CT molecular complexity index is 1030. The second-order valence-electron chi connectivity index (χ2n) is 7.29. The van der Waals surface area contributed by atoms with Crippen LogP contribution in [0.5, 0.6) is 11.5 Å². The summed E-state index contributed by atoms with van der Waals surface area (Å²) in [5.74, 6) is 2.26. The van der Waals surface area contributed by atoms with Crippen LogP contribution < -0.4 is 9.47 Å². The molecule has 1 aliphatic heterocycles. The van der Waals surface area contributed by atoms with Crippen LogP contribution in [-0.2, 0) is 13.0 Å². The van der Waals surface area contributed by atoms with Gasteiger partial charge in [0.25, 0.3) is 0 Å².